The summed E-state index contributed by atoms with van der Waals surface area (Å²) in [6.07, 6.45) is 0. The molecule has 80 valence electrons. The van der Waals surface area contributed by atoms with Crippen LogP contribution in [0.2, 0.25) is 0 Å². The van der Waals surface area contributed by atoms with Gasteiger partial charge in [-0.15, -0.1) is 0 Å². The van der Waals surface area contributed by atoms with Crippen LogP contribution < -0.4 is 0 Å². The lowest BCUT2D eigenvalue weighted by Gasteiger charge is -2.04. The number of carboxylic acid groups (broad SMARTS) is 1. The highest BCUT2D eigenvalue weighted by molar-refractivity contribution is 5.87. The smallest absolute Gasteiger partial charge is 0.335 e. The Morgan fingerprint density at radius 1 is 1.60 bits per heavy atom. The monoisotopic (exact) mass is 213 g/mol. The summed E-state index contributed by atoms with van der Waals surface area (Å²) in [7, 11) is 0. The second-order valence-electron chi connectivity index (χ2n) is 3.04. The molecule has 1 rings (SSSR count). The van der Waals surface area contributed by atoms with Gasteiger partial charge in [-0.05, 0) is 24.6 Å². The van der Waals surface area contributed by atoms with Crippen LogP contribution in [0.1, 0.15) is 21.5 Å². The number of hydrogen-bond donors (Lipinski definition) is 1. The third kappa shape index (κ3) is 2.49. The minimum atomic E-state index is -1.31. The average Bonchev–Trinajstić information content (AvgIpc) is 2.11. The fourth-order valence-corrected chi connectivity index (χ4v) is 1.16. The lowest BCUT2D eigenvalue weighted by molar-refractivity contribution is -0.496. The molecule has 0 aliphatic heterocycles. The maximum absolute atomic E-state index is 13.2. The molecule has 0 saturated carbocycles. The molecule has 0 heterocycles. The molecule has 6 heteroatoms. The molecule has 0 aliphatic rings. The number of carboxylic acids is 1. The van der Waals surface area contributed by atoms with E-state index in [1.165, 1.54) is 6.92 Å². The Kier molecular flexibility index (Phi) is 2.99. The summed E-state index contributed by atoms with van der Waals surface area (Å²) in [6, 6.07) is 1.96. The molecule has 0 bridgehead atoms. The van der Waals surface area contributed by atoms with Gasteiger partial charge in [-0.25, -0.2) is 9.18 Å². The zero-order chi connectivity index (χ0) is 11.6. The molecule has 0 spiro atoms. The summed E-state index contributed by atoms with van der Waals surface area (Å²) >= 11 is 0. The molecular weight excluding hydrogens is 205 g/mol. The van der Waals surface area contributed by atoms with Crippen LogP contribution in [0.3, 0.4) is 0 Å². The zero-order valence-corrected chi connectivity index (χ0v) is 7.86. The third-order valence-corrected chi connectivity index (χ3v) is 2.00. The van der Waals surface area contributed by atoms with Crippen LogP contribution in [0.25, 0.3) is 0 Å². The van der Waals surface area contributed by atoms with E-state index in [1.807, 2.05) is 0 Å². The van der Waals surface area contributed by atoms with E-state index in [1.54, 1.807) is 0 Å². The molecule has 0 fully saturated rings. The molecule has 1 aromatic carbocycles. The van der Waals surface area contributed by atoms with E-state index in [0.29, 0.717) is 0 Å². The largest absolute Gasteiger partial charge is 0.478 e. The number of hydrogen-bond acceptors (Lipinski definition) is 3. The molecular formula is C9H8FNO4. The topological polar surface area (TPSA) is 80.4 Å². The lowest BCUT2D eigenvalue weighted by atomic mass is 10.0. The highest BCUT2D eigenvalue weighted by Crippen LogP contribution is 2.16. The van der Waals surface area contributed by atoms with Gasteiger partial charge >= 0.3 is 5.97 Å². The fourth-order valence-electron chi connectivity index (χ4n) is 1.16. The van der Waals surface area contributed by atoms with Crippen LogP contribution in [0.15, 0.2) is 12.1 Å². The quantitative estimate of drug-likeness (QED) is 0.610. The van der Waals surface area contributed by atoms with E-state index in [4.69, 9.17) is 5.11 Å². The van der Waals surface area contributed by atoms with Gasteiger partial charge in [0.15, 0.2) is 0 Å². The average molecular weight is 213 g/mol. The molecule has 15 heavy (non-hydrogen) atoms. The van der Waals surface area contributed by atoms with Gasteiger partial charge in [0, 0.05) is 10.5 Å². The predicted octanol–water partition coefficient (Wildman–Crippen LogP) is 1.61. The van der Waals surface area contributed by atoms with Crippen molar-refractivity contribution in [3.8, 4) is 0 Å². The Bertz CT molecular complexity index is 430. The van der Waals surface area contributed by atoms with Gasteiger partial charge in [-0.1, -0.05) is 0 Å². The summed E-state index contributed by atoms with van der Waals surface area (Å²) < 4.78 is 13.2. The molecule has 0 unspecified atom stereocenters. The predicted molar refractivity (Wildman–Crippen MR) is 48.8 cm³/mol. The van der Waals surface area contributed by atoms with Gasteiger partial charge in [0.2, 0.25) is 6.54 Å². The Hall–Kier alpha value is -1.98. The van der Waals surface area contributed by atoms with E-state index in [9.17, 15) is 19.3 Å². The Balaban J connectivity index is 3.24. The van der Waals surface area contributed by atoms with Crippen LogP contribution in [0.5, 0.6) is 0 Å². The second kappa shape index (κ2) is 4.04. The summed E-state index contributed by atoms with van der Waals surface area (Å²) in [6.45, 7) is 0.795. The molecule has 1 N–H and O–H groups in total. The molecule has 0 aromatic heterocycles. The Labute approximate surface area is 84.3 Å². The maximum atomic E-state index is 13.2. The standard InChI is InChI=1S/C9H8FNO4/c1-5-7(4-11(14)15)2-6(9(12)13)3-8(5)10/h2-3H,4H2,1H3,(H,12,13). The number of nitro groups is 1. The van der Waals surface area contributed by atoms with Crippen molar-refractivity contribution >= 4 is 5.97 Å². The van der Waals surface area contributed by atoms with E-state index < -0.39 is 23.3 Å². The summed E-state index contributed by atoms with van der Waals surface area (Å²) in [5, 5.41) is 18.9. The van der Waals surface area contributed by atoms with Crippen molar-refractivity contribution in [2.45, 2.75) is 13.5 Å². The molecule has 1 aromatic rings. The molecule has 0 aliphatic carbocycles. The molecule has 0 atom stereocenters. The van der Waals surface area contributed by atoms with Crippen molar-refractivity contribution < 1.29 is 19.2 Å². The van der Waals surface area contributed by atoms with Crippen molar-refractivity contribution in [3.05, 3.63) is 44.8 Å². The van der Waals surface area contributed by atoms with E-state index >= 15 is 0 Å². The highest BCUT2D eigenvalue weighted by Gasteiger charge is 2.14. The van der Waals surface area contributed by atoms with Gasteiger partial charge in [-0.3, -0.25) is 10.1 Å². The van der Waals surface area contributed by atoms with Crippen molar-refractivity contribution in [3.63, 3.8) is 0 Å². The number of rotatable bonds is 3. The first-order chi connectivity index (χ1) is 6.91. The van der Waals surface area contributed by atoms with E-state index in [2.05, 4.69) is 0 Å². The van der Waals surface area contributed by atoms with Gasteiger partial charge in [0.1, 0.15) is 5.82 Å². The number of benzene rings is 1. The van der Waals surface area contributed by atoms with E-state index in [-0.39, 0.29) is 16.7 Å². The number of halogens is 1. The summed E-state index contributed by atoms with van der Waals surface area (Å²) in [5.41, 5.74) is -0.0935. The van der Waals surface area contributed by atoms with Crippen molar-refractivity contribution in [2.75, 3.05) is 0 Å². The Morgan fingerprint density at radius 2 is 2.20 bits per heavy atom. The maximum Gasteiger partial charge on any atom is 0.335 e. The first kappa shape index (κ1) is 11.1. The van der Waals surface area contributed by atoms with Crippen LogP contribution >= 0.6 is 0 Å². The van der Waals surface area contributed by atoms with Gasteiger partial charge in [-0.2, -0.15) is 0 Å². The van der Waals surface area contributed by atoms with Crippen molar-refractivity contribution in [1.82, 2.24) is 0 Å². The van der Waals surface area contributed by atoms with Crippen LogP contribution in [0, 0.1) is 22.9 Å². The SMILES string of the molecule is Cc1c(F)cc(C(=O)O)cc1C[N+](=O)[O-]. The summed E-state index contributed by atoms with van der Waals surface area (Å²) in [4.78, 5) is 20.2. The zero-order valence-electron chi connectivity index (χ0n) is 7.86. The number of aromatic carboxylic acids is 1. The fraction of sp³-hybridized carbons (Fsp3) is 0.222. The van der Waals surface area contributed by atoms with Crippen LogP contribution in [0.4, 0.5) is 4.39 Å². The van der Waals surface area contributed by atoms with Crippen molar-refractivity contribution in [1.29, 1.82) is 0 Å². The minimum absolute atomic E-state index is 0.0809. The van der Waals surface area contributed by atoms with Gasteiger partial charge in [0.05, 0.1) is 5.56 Å². The molecule has 0 saturated heterocycles. The second-order valence-corrected chi connectivity index (χ2v) is 3.04. The first-order valence-corrected chi connectivity index (χ1v) is 4.06. The van der Waals surface area contributed by atoms with Crippen LogP contribution in [-0.4, -0.2) is 16.0 Å². The molecule has 0 radical (unpaired) electrons. The number of carbonyl (C=O) groups is 1. The Morgan fingerprint density at radius 3 is 2.67 bits per heavy atom. The lowest BCUT2D eigenvalue weighted by Crippen LogP contribution is -2.06. The molecule has 0 amide bonds. The molecule has 5 nitrogen and oxygen atoms in total. The number of nitrogens with zero attached hydrogens (tertiary/aromatic N) is 1. The van der Waals surface area contributed by atoms with E-state index in [0.717, 1.165) is 12.1 Å². The van der Waals surface area contributed by atoms with Gasteiger partial charge in [0.25, 0.3) is 0 Å². The van der Waals surface area contributed by atoms with Crippen LogP contribution in [-0.2, 0) is 6.54 Å². The normalized spacial score (nSPS) is 10.0. The minimum Gasteiger partial charge on any atom is -0.478 e. The highest BCUT2D eigenvalue weighted by atomic mass is 19.1. The van der Waals surface area contributed by atoms with Crippen molar-refractivity contribution in [2.24, 2.45) is 0 Å². The third-order valence-electron chi connectivity index (χ3n) is 2.00. The van der Waals surface area contributed by atoms with Gasteiger partial charge < -0.3 is 5.11 Å². The summed E-state index contributed by atoms with van der Waals surface area (Å²) in [5.74, 6) is -2.05. The first-order valence-electron chi connectivity index (χ1n) is 4.06.